The quantitative estimate of drug-likeness (QED) is 0.691. The summed E-state index contributed by atoms with van der Waals surface area (Å²) in [5.74, 6) is -4.75. The molecule has 0 aliphatic carbocycles. The van der Waals surface area contributed by atoms with Gasteiger partial charge in [-0.2, -0.15) is 0 Å². The van der Waals surface area contributed by atoms with E-state index in [1.807, 2.05) is 0 Å². The van der Waals surface area contributed by atoms with Gasteiger partial charge in [-0.3, -0.25) is 4.79 Å². The molecule has 4 nitrogen and oxygen atoms in total. The molecule has 0 bridgehead atoms. The van der Waals surface area contributed by atoms with Gasteiger partial charge in [-0.25, -0.2) is 13.2 Å². The fourth-order valence-corrected chi connectivity index (χ4v) is 2.35. The lowest BCUT2D eigenvalue weighted by atomic mass is 9.92. The number of aliphatic hydroxyl groups is 1. The van der Waals surface area contributed by atoms with Gasteiger partial charge in [-0.15, -0.1) is 0 Å². The molecular weight excluding hydrogens is 391 g/mol. The van der Waals surface area contributed by atoms with E-state index in [-0.39, 0.29) is 34.0 Å². The van der Waals surface area contributed by atoms with Gasteiger partial charge in [0.15, 0.2) is 6.61 Å². The van der Waals surface area contributed by atoms with E-state index in [1.54, 1.807) is 6.92 Å². The summed E-state index contributed by atoms with van der Waals surface area (Å²) in [6.07, 6.45) is 0.146. The zero-order valence-electron chi connectivity index (χ0n) is 13.3. The van der Waals surface area contributed by atoms with Crippen molar-refractivity contribution in [2.24, 2.45) is 5.92 Å². The molecule has 0 spiro atoms. The molecule has 1 atom stereocenters. The molecule has 0 radical (unpaired) electrons. The van der Waals surface area contributed by atoms with Gasteiger partial charge in [-0.05, 0) is 39.6 Å². The van der Waals surface area contributed by atoms with Crippen LogP contribution in [-0.4, -0.2) is 37.2 Å². The second-order valence-corrected chi connectivity index (χ2v) is 6.14. The largest absolute Gasteiger partial charge is 0.486 e. The van der Waals surface area contributed by atoms with Gasteiger partial charge in [-0.1, -0.05) is 13.5 Å². The number of aliphatic hydroxyl groups excluding tert-OH is 1. The number of allylic oxidation sites excluding steroid dienone is 1. The van der Waals surface area contributed by atoms with Crippen LogP contribution in [0.2, 0.25) is 0 Å². The van der Waals surface area contributed by atoms with Gasteiger partial charge in [0.1, 0.15) is 18.2 Å². The number of carbonyl (C=O) groups is 1. The first-order valence-electron chi connectivity index (χ1n) is 7.12. The predicted molar refractivity (Wildman–Crippen MR) is 88.5 cm³/mol. The standard InChI is InChI=1S/C16H19BrF3NO3/c1-9(6-13(23)21-3)10(2)11-4-5-12(14(17)15(11)18)24-8-16(19,20)7-22/h4-5,9,22H,2,6-8H2,1,3H3,(H,21,23). The van der Waals surface area contributed by atoms with E-state index in [0.717, 1.165) is 0 Å². The molecule has 0 saturated carbocycles. The number of amides is 1. The van der Waals surface area contributed by atoms with E-state index in [9.17, 15) is 18.0 Å². The Hall–Kier alpha value is -1.54. The number of carbonyl (C=O) groups excluding carboxylic acids is 1. The van der Waals surface area contributed by atoms with Crippen molar-refractivity contribution in [1.29, 1.82) is 0 Å². The van der Waals surface area contributed by atoms with E-state index in [0.29, 0.717) is 5.57 Å². The lowest BCUT2D eigenvalue weighted by Crippen LogP contribution is -2.29. The van der Waals surface area contributed by atoms with Gasteiger partial charge in [0, 0.05) is 19.0 Å². The summed E-state index contributed by atoms with van der Waals surface area (Å²) < 4.78 is 45.2. The SMILES string of the molecule is C=C(c1ccc(OCC(F)(F)CO)c(Br)c1F)C(C)CC(=O)NC. The zero-order chi connectivity index (χ0) is 18.5. The maximum absolute atomic E-state index is 14.5. The minimum atomic E-state index is -3.42. The molecule has 2 N–H and O–H groups in total. The second-order valence-electron chi connectivity index (χ2n) is 5.35. The monoisotopic (exact) mass is 409 g/mol. The van der Waals surface area contributed by atoms with E-state index in [1.165, 1.54) is 19.2 Å². The minimum absolute atomic E-state index is 0.115. The van der Waals surface area contributed by atoms with Crippen molar-refractivity contribution in [1.82, 2.24) is 5.32 Å². The first-order chi connectivity index (χ1) is 11.1. The summed E-state index contributed by atoms with van der Waals surface area (Å²) in [6, 6.07) is 2.68. The van der Waals surface area contributed by atoms with E-state index in [2.05, 4.69) is 27.8 Å². The summed E-state index contributed by atoms with van der Waals surface area (Å²) in [5, 5.41) is 11.0. The highest BCUT2D eigenvalue weighted by Crippen LogP contribution is 2.35. The number of alkyl halides is 2. The highest BCUT2D eigenvalue weighted by Gasteiger charge is 2.29. The topological polar surface area (TPSA) is 58.6 Å². The van der Waals surface area contributed by atoms with Crippen molar-refractivity contribution in [2.45, 2.75) is 19.3 Å². The molecular formula is C16H19BrF3NO3. The number of halogens is 4. The molecule has 1 unspecified atom stereocenters. The molecule has 0 aliphatic heterocycles. The molecule has 0 heterocycles. The first-order valence-corrected chi connectivity index (χ1v) is 7.91. The number of benzene rings is 1. The van der Waals surface area contributed by atoms with Crippen LogP contribution in [0.5, 0.6) is 5.75 Å². The van der Waals surface area contributed by atoms with Crippen molar-refractivity contribution < 1.29 is 27.8 Å². The van der Waals surface area contributed by atoms with Crippen LogP contribution in [0, 0.1) is 11.7 Å². The highest BCUT2D eigenvalue weighted by atomic mass is 79.9. The molecule has 0 fully saturated rings. The molecule has 8 heteroatoms. The Morgan fingerprint density at radius 1 is 1.50 bits per heavy atom. The number of rotatable bonds is 8. The third kappa shape index (κ3) is 5.24. The third-order valence-electron chi connectivity index (χ3n) is 3.43. The molecule has 0 saturated heterocycles. The van der Waals surface area contributed by atoms with Crippen LogP contribution < -0.4 is 10.1 Å². The van der Waals surface area contributed by atoms with Gasteiger partial charge in [0.05, 0.1) is 4.47 Å². The Bertz CT molecular complexity index is 623. The van der Waals surface area contributed by atoms with Crippen molar-refractivity contribution in [2.75, 3.05) is 20.3 Å². The number of hydrogen-bond acceptors (Lipinski definition) is 3. The minimum Gasteiger partial charge on any atom is -0.486 e. The highest BCUT2D eigenvalue weighted by molar-refractivity contribution is 9.10. The molecule has 0 aromatic heterocycles. The average Bonchev–Trinajstić information content (AvgIpc) is 2.55. The smallest absolute Gasteiger partial charge is 0.303 e. The Morgan fingerprint density at radius 2 is 2.12 bits per heavy atom. The van der Waals surface area contributed by atoms with Gasteiger partial charge < -0.3 is 15.2 Å². The molecule has 1 rings (SSSR count). The molecule has 24 heavy (non-hydrogen) atoms. The normalized spacial score (nSPS) is 12.6. The van der Waals surface area contributed by atoms with E-state index in [4.69, 9.17) is 9.84 Å². The zero-order valence-corrected chi connectivity index (χ0v) is 14.9. The Labute approximate surface area is 146 Å². The van der Waals surface area contributed by atoms with E-state index < -0.39 is 25.0 Å². The third-order valence-corrected chi connectivity index (χ3v) is 4.17. The molecule has 1 aromatic rings. The Morgan fingerprint density at radius 3 is 2.67 bits per heavy atom. The fraction of sp³-hybridized carbons (Fsp3) is 0.438. The van der Waals surface area contributed by atoms with Crippen LogP contribution in [0.25, 0.3) is 5.57 Å². The van der Waals surface area contributed by atoms with Gasteiger partial charge in [0.2, 0.25) is 5.91 Å². The Kier molecular flexibility index (Phi) is 7.28. The summed E-state index contributed by atoms with van der Waals surface area (Å²) >= 11 is 2.97. The molecule has 1 aromatic carbocycles. The van der Waals surface area contributed by atoms with Crippen LogP contribution in [0.4, 0.5) is 13.2 Å². The van der Waals surface area contributed by atoms with Crippen LogP contribution in [0.1, 0.15) is 18.9 Å². The fourth-order valence-electron chi connectivity index (χ4n) is 1.89. The van der Waals surface area contributed by atoms with Crippen molar-refractivity contribution >= 4 is 27.4 Å². The van der Waals surface area contributed by atoms with Gasteiger partial charge >= 0.3 is 5.92 Å². The Balaban J connectivity index is 2.95. The van der Waals surface area contributed by atoms with Crippen LogP contribution in [0.15, 0.2) is 23.2 Å². The molecule has 1 amide bonds. The maximum atomic E-state index is 14.5. The average molecular weight is 410 g/mol. The van der Waals surface area contributed by atoms with Crippen molar-refractivity contribution in [3.8, 4) is 5.75 Å². The predicted octanol–water partition coefficient (Wildman–Crippen LogP) is 3.38. The van der Waals surface area contributed by atoms with Crippen molar-refractivity contribution in [3.05, 3.63) is 34.6 Å². The number of ether oxygens (including phenoxy) is 1. The maximum Gasteiger partial charge on any atom is 0.303 e. The van der Waals surface area contributed by atoms with Gasteiger partial charge in [0.25, 0.3) is 0 Å². The van der Waals surface area contributed by atoms with Crippen molar-refractivity contribution in [3.63, 3.8) is 0 Å². The van der Waals surface area contributed by atoms with E-state index >= 15 is 0 Å². The number of hydrogen-bond donors (Lipinski definition) is 2. The van der Waals surface area contributed by atoms with Crippen LogP contribution in [-0.2, 0) is 4.79 Å². The first kappa shape index (κ1) is 20.5. The second kappa shape index (κ2) is 8.53. The molecule has 0 aliphatic rings. The lowest BCUT2D eigenvalue weighted by molar-refractivity contribution is -0.121. The summed E-state index contributed by atoms with van der Waals surface area (Å²) in [5.41, 5.74) is 0.573. The summed E-state index contributed by atoms with van der Waals surface area (Å²) in [7, 11) is 1.50. The van der Waals surface area contributed by atoms with Crippen LogP contribution in [0.3, 0.4) is 0 Å². The molecule has 134 valence electrons. The summed E-state index contributed by atoms with van der Waals surface area (Å²) in [4.78, 5) is 11.4. The summed E-state index contributed by atoms with van der Waals surface area (Å²) in [6.45, 7) is 3.10. The number of nitrogens with one attached hydrogen (secondary N) is 1. The lowest BCUT2D eigenvalue weighted by Gasteiger charge is -2.18. The van der Waals surface area contributed by atoms with Crippen LogP contribution >= 0.6 is 15.9 Å².